The van der Waals surface area contributed by atoms with Crippen molar-refractivity contribution in [3.8, 4) is 5.75 Å². The number of methoxy groups -OCH3 is 1. The number of benzene rings is 1. The number of amides is 1. The number of hydrogen-bond donors (Lipinski definition) is 1. The van der Waals surface area contributed by atoms with Crippen molar-refractivity contribution in [3.05, 3.63) is 23.8 Å². The van der Waals surface area contributed by atoms with Gasteiger partial charge in [0.15, 0.2) is 0 Å². The van der Waals surface area contributed by atoms with Crippen LogP contribution >= 0.6 is 0 Å². The normalized spacial score (nSPS) is 12.1. The standard InChI is InChI=1S/C14H22N2O2/c1-10(7-8-15)14(17)16(3)12-5-6-13(18-4)11(2)9-12/h5-6,9-10H,7-8,15H2,1-4H3. The maximum absolute atomic E-state index is 12.1. The summed E-state index contributed by atoms with van der Waals surface area (Å²) in [6.45, 7) is 4.40. The number of ether oxygens (including phenoxy) is 1. The molecule has 0 saturated carbocycles. The molecule has 0 spiro atoms. The molecule has 0 heterocycles. The molecule has 0 aliphatic rings. The second-order valence-electron chi connectivity index (χ2n) is 4.53. The lowest BCUT2D eigenvalue weighted by Crippen LogP contribution is -2.32. The van der Waals surface area contributed by atoms with Crippen LogP contribution in [0.3, 0.4) is 0 Å². The summed E-state index contributed by atoms with van der Waals surface area (Å²) in [5.74, 6) is 0.863. The van der Waals surface area contributed by atoms with Crippen molar-refractivity contribution in [2.24, 2.45) is 11.7 Å². The van der Waals surface area contributed by atoms with Crippen molar-refractivity contribution in [1.29, 1.82) is 0 Å². The zero-order valence-electron chi connectivity index (χ0n) is 11.6. The van der Waals surface area contributed by atoms with Gasteiger partial charge in [0.25, 0.3) is 0 Å². The Balaban J connectivity index is 2.87. The molecule has 0 aliphatic heterocycles. The van der Waals surface area contributed by atoms with E-state index in [4.69, 9.17) is 10.5 Å². The second kappa shape index (κ2) is 6.40. The SMILES string of the molecule is COc1ccc(N(C)C(=O)C(C)CCN)cc1C. The molecule has 1 unspecified atom stereocenters. The summed E-state index contributed by atoms with van der Waals surface area (Å²) < 4.78 is 5.21. The van der Waals surface area contributed by atoms with E-state index < -0.39 is 0 Å². The summed E-state index contributed by atoms with van der Waals surface area (Å²) in [5.41, 5.74) is 7.37. The Bertz CT molecular complexity index is 418. The van der Waals surface area contributed by atoms with E-state index >= 15 is 0 Å². The molecule has 0 fully saturated rings. The number of rotatable bonds is 5. The van der Waals surface area contributed by atoms with Crippen molar-refractivity contribution in [1.82, 2.24) is 0 Å². The van der Waals surface area contributed by atoms with E-state index in [1.54, 1.807) is 19.1 Å². The molecule has 18 heavy (non-hydrogen) atoms. The summed E-state index contributed by atoms with van der Waals surface area (Å²) >= 11 is 0. The molecule has 1 aromatic rings. The van der Waals surface area contributed by atoms with Gasteiger partial charge in [0.2, 0.25) is 5.91 Å². The fourth-order valence-electron chi connectivity index (χ4n) is 1.90. The van der Waals surface area contributed by atoms with Crippen LogP contribution in [-0.4, -0.2) is 26.6 Å². The molecule has 0 aromatic heterocycles. The zero-order chi connectivity index (χ0) is 13.7. The molecular formula is C14H22N2O2. The third kappa shape index (κ3) is 3.23. The van der Waals surface area contributed by atoms with E-state index in [2.05, 4.69) is 0 Å². The van der Waals surface area contributed by atoms with Crippen LogP contribution in [0.2, 0.25) is 0 Å². The van der Waals surface area contributed by atoms with Crippen LogP contribution in [0.4, 0.5) is 5.69 Å². The topological polar surface area (TPSA) is 55.6 Å². The highest BCUT2D eigenvalue weighted by Crippen LogP contribution is 2.24. The van der Waals surface area contributed by atoms with Crippen LogP contribution in [0.15, 0.2) is 18.2 Å². The second-order valence-corrected chi connectivity index (χ2v) is 4.53. The first-order chi connectivity index (χ1) is 8.51. The molecular weight excluding hydrogens is 228 g/mol. The Morgan fingerprint density at radius 3 is 2.67 bits per heavy atom. The molecule has 1 amide bonds. The van der Waals surface area contributed by atoms with Gasteiger partial charge in [-0.15, -0.1) is 0 Å². The minimum Gasteiger partial charge on any atom is -0.496 e. The van der Waals surface area contributed by atoms with E-state index in [1.807, 2.05) is 32.0 Å². The molecule has 4 nitrogen and oxygen atoms in total. The molecule has 1 aromatic carbocycles. The van der Waals surface area contributed by atoms with Crippen LogP contribution in [0, 0.1) is 12.8 Å². The third-order valence-corrected chi connectivity index (χ3v) is 3.12. The van der Waals surface area contributed by atoms with Crippen molar-refractivity contribution in [2.75, 3.05) is 25.6 Å². The van der Waals surface area contributed by atoms with Gasteiger partial charge >= 0.3 is 0 Å². The average molecular weight is 250 g/mol. The van der Waals surface area contributed by atoms with E-state index in [0.29, 0.717) is 13.0 Å². The van der Waals surface area contributed by atoms with E-state index in [1.165, 1.54) is 0 Å². The van der Waals surface area contributed by atoms with Crippen LogP contribution < -0.4 is 15.4 Å². The smallest absolute Gasteiger partial charge is 0.229 e. The molecule has 100 valence electrons. The highest BCUT2D eigenvalue weighted by atomic mass is 16.5. The lowest BCUT2D eigenvalue weighted by Gasteiger charge is -2.22. The number of nitrogens with zero attached hydrogens (tertiary/aromatic N) is 1. The van der Waals surface area contributed by atoms with Gasteiger partial charge in [-0.1, -0.05) is 6.92 Å². The molecule has 0 saturated heterocycles. The lowest BCUT2D eigenvalue weighted by atomic mass is 10.1. The van der Waals surface area contributed by atoms with Gasteiger partial charge in [0, 0.05) is 18.7 Å². The number of carbonyl (C=O) groups is 1. The summed E-state index contributed by atoms with van der Waals surface area (Å²) in [4.78, 5) is 13.8. The van der Waals surface area contributed by atoms with E-state index in [-0.39, 0.29) is 11.8 Å². The van der Waals surface area contributed by atoms with Crippen LogP contribution in [-0.2, 0) is 4.79 Å². The van der Waals surface area contributed by atoms with Crippen molar-refractivity contribution >= 4 is 11.6 Å². The van der Waals surface area contributed by atoms with E-state index in [0.717, 1.165) is 17.0 Å². The molecule has 0 aliphatic carbocycles. The van der Waals surface area contributed by atoms with E-state index in [9.17, 15) is 4.79 Å². The summed E-state index contributed by atoms with van der Waals surface area (Å²) in [6, 6.07) is 5.72. The van der Waals surface area contributed by atoms with Gasteiger partial charge in [-0.05, 0) is 43.7 Å². The Labute approximate surface area is 109 Å². The fourth-order valence-corrected chi connectivity index (χ4v) is 1.90. The number of carbonyl (C=O) groups excluding carboxylic acids is 1. The van der Waals surface area contributed by atoms with Gasteiger partial charge in [-0.25, -0.2) is 0 Å². The number of nitrogens with two attached hydrogens (primary N) is 1. The Hall–Kier alpha value is -1.55. The Morgan fingerprint density at radius 1 is 1.50 bits per heavy atom. The minimum atomic E-state index is -0.0533. The monoisotopic (exact) mass is 250 g/mol. The minimum absolute atomic E-state index is 0.0533. The zero-order valence-corrected chi connectivity index (χ0v) is 11.6. The van der Waals surface area contributed by atoms with Crippen LogP contribution in [0.1, 0.15) is 18.9 Å². The Kier molecular flexibility index (Phi) is 5.16. The van der Waals surface area contributed by atoms with Crippen LogP contribution in [0.5, 0.6) is 5.75 Å². The Morgan fingerprint density at radius 2 is 2.17 bits per heavy atom. The van der Waals surface area contributed by atoms with Crippen molar-refractivity contribution in [2.45, 2.75) is 20.3 Å². The van der Waals surface area contributed by atoms with Crippen LogP contribution in [0.25, 0.3) is 0 Å². The molecule has 2 N–H and O–H groups in total. The van der Waals surface area contributed by atoms with Gasteiger partial charge in [0.1, 0.15) is 5.75 Å². The first-order valence-electron chi connectivity index (χ1n) is 6.13. The van der Waals surface area contributed by atoms with Gasteiger partial charge in [-0.2, -0.15) is 0 Å². The quantitative estimate of drug-likeness (QED) is 0.869. The number of anilines is 1. The molecule has 4 heteroatoms. The first kappa shape index (κ1) is 14.5. The van der Waals surface area contributed by atoms with Gasteiger partial charge in [-0.3, -0.25) is 4.79 Å². The maximum Gasteiger partial charge on any atom is 0.229 e. The fraction of sp³-hybridized carbons (Fsp3) is 0.500. The van der Waals surface area contributed by atoms with Gasteiger partial charge in [0.05, 0.1) is 7.11 Å². The predicted octanol–water partition coefficient (Wildman–Crippen LogP) is 1.95. The predicted molar refractivity (Wildman–Crippen MR) is 74.0 cm³/mol. The lowest BCUT2D eigenvalue weighted by molar-refractivity contribution is -0.121. The first-order valence-corrected chi connectivity index (χ1v) is 6.13. The van der Waals surface area contributed by atoms with Gasteiger partial charge < -0.3 is 15.4 Å². The largest absolute Gasteiger partial charge is 0.496 e. The third-order valence-electron chi connectivity index (χ3n) is 3.12. The summed E-state index contributed by atoms with van der Waals surface area (Å²) in [5, 5.41) is 0. The molecule has 1 atom stereocenters. The highest BCUT2D eigenvalue weighted by Gasteiger charge is 2.18. The molecule has 0 bridgehead atoms. The summed E-state index contributed by atoms with van der Waals surface area (Å²) in [6.07, 6.45) is 0.707. The average Bonchev–Trinajstić information content (AvgIpc) is 2.37. The molecule has 0 radical (unpaired) electrons. The number of aryl methyl sites for hydroxylation is 1. The maximum atomic E-state index is 12.1. The number of hydrogen-bond acceptors (Lipinski definition) is 3. The molecule has 1 rings (SSSR count). The van der Waals surface area contributed by atoms with Crippen molar-refractivity contribution < 1.29 is 9.53 Å². The highest BCUT2D eigenvalue weighted by molar-refractivity contribution is 5.94. The van der Waals surface area contributed by atoms with Crippen molar-refractivity contribution in [3.63, 3.8) is 0 Å². The summed E-state index contributed by atoms with van der Waals surface area (Å²) in [7, 11) is 3.43.